The first-order valence-corrected chi connectivity index (χ1v) is 10.1. The largest absolute Gasteiger partial charge is 0.361 e. The minimum absolute atomic E-state index is 0.0577. The van der Waals surface area contributed by atoms with Crippen LogP contribution < -0.4 is 4.90 Å². The van der Waals surface area contributed by atoms with Crippen molar-refractivity contribution in [1.29, 1.82) is 0 Å². The van der Waals surface area contributed by atoms with Gasteiger partial charge in [0.05, 0.1) is 28.0 Å². The Balaban J connectivity index is 1.77. The molecule has 142 valence electrons. The molecule has 0 atom stereocenters. The Bertz CT molecular complexity index is 1080. The number of nitrogens with zero attached hydrogens (tertiary/aromatic N) is 3. The molecule has 2 aromatic heterocycles. The van der Waals surface area contributed by atoms with Crippen molar-refractivity contribution >= 4 is 38.3 Å². The van der Waals surface area contributed by atoms with Crippen molar-refractivity contribution in [3.63, 3.8) is 0 Å². The van der Waals surface area contributed by atoms with Crippen molar-refractivity contribution in [2.45, 2.75) is 33.6 Å². The van der Waals surface area contributed by atoms with Crippen LogP contribution in [0.1, 0.15) is 29.5 Å². The predicted molar refractivity (Wildman–Crippen MR) is 112 cm³/mol. The number of anilines is 2. The number of fused-ring (bicyclic) bond motifs is 1. The highest BCUT2D eigenvalue weighted by atomic mass is 32.1. The van der Waals surface area contributed by atoms with Crippen molar-refractivity contribution in [2.75, 3.05) is 4.90 Å². The van der Waals surface area contributed by atoms with Gasteiger partial charge >= 0.3 is 0 Å². The average Bonchev–Trinajstić information content (AvgIpc) is 3.27. The van der Waals surface area contributed by atoms with Gasteiger partial charge in [0.1, 0.15) is 5.76 Å². The number of amides is 1. The number of benzene rings is 2. The van der Waals surface area contributed by atoms with E-state index in [4.69, 9.17) is 9.51 Å². The maximum Gasteiger partial charge on any atom is 0.237 e. The van der Waals surface area contributed by atoms with Crippen LogP contribution in [-0.2, 0) is 17.6 Å². The lowest BCUT2D eigenvalue weighted by Crippen LogP contribution is -2.27. The van der Waals surface area contributed by atoms with E-state index in [1.807, 2.05) is 50.2 Å². The summed E-state index contributed by atoms with van der Waals surface area (Å²) in [5.74, 6) is 0.620. The smallest absolute Gasteiger partial charge is 0.237 e. The standard InChI is InChI=1S/C22H21N3O2S/c1-4-16-9-11-17(12-10-16)25(21(26)13-18-14(2)24-27-15(18)3)22-23-19-7-5-6-8-20(19)28-22/h5-12H,4,13H2,1-3H3. The number of carbonyl (C=O) groups is 1. The Morgan fingerprint density at radius 2 is 1.86 bits per heavy atom. The number of rotatable bonds is 5. The van der Waals surface area contributed by atoms with Gasteiger partial charge < -0.3 is 4.52 Å². The third kappa shape index (κ3) is 3.43. The van der Waals surface area contributed by atoms with Gasteiger partial charge in [-0.25, -0.2) is 4.98 Å². The second kappa shape index (κ2) is 7.56. The van der Waals surface area contributed by atoms with Gasteiger partial charge in [-0.3, -0.25) is 9.69 Å². The Morgan fingerprint density at radius 3 is 2.50 bits per heavy atom. The van der Waals surface area contributed by atoms with E-state index in [0.29, 0.717) is 10.9 Å². The summed E-state index contributed by atoms with van der Waals surface area (Å²) in [5, 5.41) is 4.64. The molecule has 5 nitrogen and oxygen atoms in total. The van der Waals surface area contributed by atoms with Crippen LogP contribution in [0.4, 0.5) is 10.8 Å². The molecule has 0 saturated heterocycles. The van der Waals surface area contributed by atoms with Crippen LogP contribution >= 0.6 is 11.3 Å². The first-order valence-electron chi connectivity index (χ1n) is 9.26. The number of para-hydroxylation sites is 1. The van der Waals surface area contributed by atoms with E-state index in [0.717, 1.165) is 33.6 Å². The SMILES string of the molecule is CCc1ccc(N(C(=O)Cc2c(C)noc2C)c2nc3ccccc3s2)cc1. The quantitative estimate of drug-likeness (QED) is 0.459. The fourth-order valence-electron chi connectivity index (χ4n) is 3.18. The van der Waals surface area contributed by atoms with Crippen LogP contribution in [0.5, 0.6) is 0 Å². The van der Waals surface area contributed by atoms with Gasteiger partial charge in [-0.2, -0.15) is 0 Å². The number of aryl methyl sites for hydroxylation is 3. The number of carbonyl (C=O) groups excluding carboxylic acids is 1. The second-order valence-corrected chi connectivity index (χ2v) is 7.70. The molecule has 2 heterocycles. The van der Waals surface area contributed by atoms with E-state index in [2.05, 4.69) is 24.2 Å². The molecule has 6 heteroatoms. The molecule has 0 aliphatic carbocycles. The molecule has 4 aromatic rings. The molecule has 2 aromatic carbocycles. The third-order valence-corrected chi connectivity index (χ3v) is 5.86. The molecule has 1 amide bonds. The summed E-state index contributed by atoms with van der Waals surface area (Å²) in [6.07, 6.45) is 1.17. The zero-order valence-electron chi connectivity index (χ0n) is 16.1. The molecule has 0 bridgehead atoms. The molecule has 0 radical (unpaired) electrons. The van der Waals surface area contributed by atoms with Crippen LogP contribution in [-0.4, -0.2) is 16.0 Å². The van der Waals surface area contributed by atoms with E-state index >= 15 is 0 Å². The van der Waals surface area contributed by atoms with Crippen molar-refractivity contribution < 1.29 is 9.32 Å². The summed E-state index contributed by atoms with van der Waals surface area (Å²) in [6.45, 7) is 5.81. The van der Waals surface area contributed by atoms with Crippen molar-refractivity contribution in [2.24, 2.45) is 0 Å². The van der Waals surface area contributed by atoms with E-state index in [1.54, 1.807) is 4.90 Å². The summed E-state index contributed by atoms with van der Waals surface area (Å²) < 4.78 is 6.29. The van der Waals surface area contributed by atoms with E-state index in [9.17, 15) is 4.79 Å². The Morgan fingerprint density at radius 1 is 1.11 bits per heavy atom. The van der Waals surface area contributed by atoms with Gasteiger partial charge in [0.15, 0.2) is 5.13 Å². The zero-order chi connectivity index (χ0) is 19.7. The maximum absolute atomic E-state index is 13.4. The Kier molecular flexibility index (Phi) is 4.96. The first kappa shape index (κ1) is 18.4. The Labute approximate surface area is 167 Å². The third-order valence-electron chi connectivity index (χ3n) is 4.84. The number of aromatic nitrogens is 2. The van der Waals surface area contributed by atoms with Gasteiger partial charge in [-0.05, 0) is 50.1 Å². The number of hydrogen-bond acceptors (Lipinski definition) is 5. The molecule has 0 aliphatic rings. The summed E-state index contributed by atoms with van der Waals surface area (Å²) in [5.41, 5.74) is 4.51. The summed E-state index contributed by atoms with van der Waals surface area (Å²) in [6, 6.07) is 16.0. The first-order chi connectivity index (χ1) is 13.6. The van der Waals surface area contributed by atoms with Crippen LogP contribution in [0.25, 0.3) is 10.2 Å². The van der Waals surface area contributed by atoms with E-state index in [-0.39, 0.29) is 12.3 Å². The van der Waals surface area contributed by atoms with E-state index < -0.39 is 0 Å². The predicted octanol–water partition coefficient (Wildman–Crippen LogP) is 5.37. The summed E-state index contributed by atoms with van der Waals surface area (Å²) in [7, 11) is 0. The van der Waals surface area contributed by atoms with Crippen LogP contribution in [0.2, 0.25) is 0 Å². The van der Waals surface area contributed by atoms with Gasteiger partial charge in [0.2, 0.25) is 5.91 Å². The highest BCUT2D eigenvalue weighted by Gasteiger charge is 2.24. The monoisotopic (exact) mass is 391 g/mol. The average molecular weight is 391 g/mol. The fourth-order valence-corrected chi connectivity index (χ4v) is 4.19. The molecule has 4 rings (SSSR count). The highest BCUT2D eigenvalue weighted by Crippen LogP contribution is 2.34. The van der Waals surface area contributed by atoms with Crippen molar-refractivity contribution in [3.8, 4) is 0 Å². The minimum atomic E-state index is -0.0577. The highest BCUT2D eigenvalue weighted by molar-refractivity contribution is 7.22. The summed E-state index contributed by atoms with van der Waals surface area (Å²) in [4.78, 5) is 19.8. The van der Waals surface area contributed by atoms with Gasteiger partial charge in [0, 0.05) is 5.56 Å². The molecular weight excluding hydrogens is 370 g/mol. The second-order valence-electron chi connectivity index (χ2n) is 6.69. The lowest BCUT2D eigenvalue weighted by molar-refractivity contribution is -0.117. The van der Waals surface area contributed by atoms with Crippen LogP contribution in [0.3, 0.4) is 0 Å². The van der Waals surface area contributed by atoms with Gasteiger partial charge in [-0.15, -0.1) is 0 Å². The van der Waals surface area contributed by atoms with Crippen molar-refractivity contribution in [1.82, 2.24) is 10.1 Å². The van der Waals surface area contributed by atoms with E-state index in [1.165, 1.54) is 16.9 Å². The molecule has 0 aliphatic heterocycles. The topological polar surface area (TPSA) is 59.2 Å². The lowest BCUT2D eigenvalue weighted by Gasteiger charge is -2.20. The zero-order valence-corrected chi connectivity index (χ0v) is 16.9. The number of hydrogen-bond donors (Lipinski definition) is 0. The van der Waals surface area contributed by atoms with Crippen LogP contribution in [0, 0.1) is 13.8 Å². The fraction of sp³-hybridized carbons (Fsp3) is 0.227. The Hall–Kier alpha value is -2.99. The molecule has 0 fully saturated rings. The normalized spacial score (nSPS) is 11.1. The van der Waals surface area contributed by atoms with Crippen molar-refractivity contribution in [3.05, 3.63) is 71.1 Å². The molecule has 28 heavy (non-hydrogen) atoms. The minimum Gasteiger partial charge on any atom is -0.361 e. The maximum atomic E-state index is 13.4. The molecule has 0 unspecified atom stereocenters. The van der Waals surface area contributed by atoms with Gasteiger partial charge in [0.25, 0.3) is 0 Å². The van der Waals surface area contributed by atoms with Gasteiger partial charge in [-0.1, -0.05) is 47.7 Å². The molecule has 0 N–H and O–H groups in total. The molecular formula is C22H21N3O2S. The summed E-state index contributed by atoms with van der Waals surface area (Å²) >= 11 is 1.51. The molecule has 0 saturated carbocycles. The van der Waals surface area contributed by atoms with Crippen LogP contribution in [0.15, 0.2) is 53.1 Å². The number of thiazole rings is 1. The lowest BCUT2D eigenvalue weighted by atomic mass is 10.1. The molecule has 0 spiro atoms.